The van der Waals surface area contributed by atoms with Crippen molar-refractivity contribution in [2.45, 2.75) is 26.2 Å². The average molecular weight is 254 g/mol. The summed E-state index contributed by atoms with van der Waals surface area (Å²) in [4.78, 5) is 0. The Morgan fingerprint density at radius 2 is 1.79 bits per heavy atom. The molecule has 0 radical (unpaired) electrons. The summed E-state index contributed by atoms with van der Waals surface area (Å²) >= 11 is 0. The minimum absolute atomic E-state index is 0.565. The Labute approximate surface area is 115 Å². The molecule has 0 amide bonds. The van der Waals surface area contributed by atoms with Gasteiger partial charge in [0.15, 0.2) is 0 Å². The molecule has 0 fully saturated rings. The smallest absolute Gasteiger partial charge is 0.0390 e. The first-order chi connectivity index (χ1) is 9.18. The van der Waals surface area contributed by atoms with Crippen LogP contribution in [0.25, 0.3) is 0 Å². The van der Waals surface area contributed by atoms with Crippen LogP contribution in [-0.4, -0.2) is 6.54 Å². The Morgan fingerprint density at radius 1 is 1.05 bits per heavy atom. The molecule has 100 valence electrons. The third-order valence-corrected chi connectivity index (χ3v) is 3.64. The van der Waals surface area contributed by atoms with Crippen LogP contribution >= 0.6 is 0 Å². The molecule has 0 aromatic heterocycles. The maximum Gasteiger partial charge on any atom is 0.0390 e. The third kappa shape index (κ3) is 3.50. The second-order valence-corrected chi connectivity index (χ2v) is 5.05. The average Bonchev–Trinajstić information content (AvgIpc) is 2.44. The number of anilines is 2. The molecule has 2 aromatic carbocycles. The molecule has 1 unspecified atom stereocenters. The molecular formula is C17H22N2. The summed E-state index contributed by atoms with van der Waals surface area (Å²) in [6.45, 7) is 5.28. The van der Waals surface area contributed by atoms with E-state index in [1.807, 2.05) is 12.1 Å². The van der Waals surface area contributed by atoms with E-state index in [2.05, 4.69) is 55.6 Å². The lowest BCUT2D eigenvalue weighted by molar-refractivity contribution is 0.706. The minimum atomic E-state index is 0.565. The van der Waals surface area contributed by atoms with Crippen LogP contribution in [-0.2, 0) is 0 Å². The minimum Gasteiger partial charge on any atom is -0.398 e. The molecule has 0 spiro atoms. The van der Waals surface area contributed by atoms with Gasteiger partial charge in [0.1, 0.15) is 0 Å². The Morgan fingerprint density at radius 3 is 2.53 bits per heavy atom. The Balaban J connectivity index is 1.88. The van der Waals surface area contributed by atoms with Crippen LogP contribution in [0.15, 0.2) is 48.5 Å². The molecule has 2 heteroatoms. The van der Waals surface area contributed by atoms with Crippen LogP contribution < -0.4 is 11.1 Å². The van der Waals surface area contributed by atoms with Crippen molar-refractivity contribution in [3.8, 4) is 0 Å². The lowest BCUT2D eigenvalue weighted by atomic mass is 9.98. The van der Waals surface area contributed by atoms with Gasteiger partial charge < -0.3 is 11.1 Å². The quantitative estimate of drug-likeness (QED) is 0.785. The van der Waals surface area contributed by atoms with E-state index in [0.717, 1.165) is 29.9 Å². The van der Waals surface area contributed by atoms with E-state index in [-0.39, 0.29) is 0 Å². The van der Waals surface area contributed by atoms with E-state index in [4.69, 9.17) is 5.73 Å². The van der Waals surface area contributed by atoms with Crippen molar-refractivity contribution in [1.29, 1.82) is 0 Å². The summed E-state index contributed by atoms with van der Waals surface area (Å²) in [6, 6.07) is 16.7. The zero-order valence-electron chi connectivity index (χ0n) is 11.7. The Bertz CT molecular complexity index is 520. The van der Waals surface area contributed by atoms with Crippen LogP contribution in [0.3, 0.4) is 0 Å². The molecule has 0 bridgehead atoms. The van der Waals surface area contributed by atoms with Gasteiger partial charge in [0.2, 0.25) is 0 Å². The van der Waals surface area contributed by atoms with Gasteiger partial charge in [-0.2, -0.15) is 0 Å². The molecule has 0 aliphatic rings. The van der Waals surface area contributed by atoms with E-state index in [0.29, 0.717) is 5.92 Å². The van der Waals surface area contributed by atoms with E-state index >= 15 is 0 Å². The number of hydrogen-bond acceptors (Lipinski definition) is 2. The first kappa shape index (κ1) is 13.5. The van der Waals surface area contributed by atoms with Gasteiger partial charge in [0, 0.05) is 17.9 Å². The van der Waals surface area contributed by atoms with E-state index in [1.165, 1.54) is 5.56 Å². The summed E-state index contributed by atoms with van der Waals surface area (Å²) in [7, 11) is 0. The highest BCUT2D eigenvalue weighted by Gasteiger charge is 2.05. The standard InChI is InChI=1S/C17H22N2/c1-13(15-7-4-3-5-8-15)11-12-19-17-10-6-9-16(18)14(17)2/h3-10,13,19H,11-12,18H2,1-2H3. The van der Waals surface area contributed by atoms with Gasteiger partial charge in [-0.15, -0.1) is 0 Å². The molecule has 2 aromatic rings. The summed E-state index contributed by atoms with van der Waals surface area (Å²) in [6.07, 6.45) is 1.11. The number of benzene rings is 2. The highest BCUT2D eigenvalue weighted by Crippen LogP contribution is 2.22. The zero-order valence-corrected chi connectivity index (χ0v) is 11.7. The lowest BCUT2D eigenvalue weighted by Crippen LogP contribution is -2.07. The van der Waals surface area contributed by atoms with Crippen LogP contribution in [0.4, 0.5) is 11.4 Å². The molecular weight excluding hydrogens is 232 g/mol. The molecule has 3 N–H and O–H groups in total. The number of nitrogens with one attached hydrogen (secondary N) is 1. The highest BCUT2D eigenvalue weighted by atomic mass is 14.9. The number of hydrogen-bond donors (Lipinski definition) is 2. The summed E-state index contributed by atoms with van der Waals surface area (Å²) in [5, 5.41) is 3.47. The largest absolute Gasteiger partial charge is 0.398 e. The second-order valence-electron chi connectivity index (χ2n) is 5.05. The van der Waals surface area contributed by atoms with Gasteiger partial charge in [0.25, 0.3) is 0 Å². The molecule has 2 nitrogen and oxygen atoms in total. The van der Waals surface area contributed by atoms with Gasteiger partial charge in [-0.3, -0.25) is 0 Å². The highest BCUT2D eigenvalue weighted by molar-refractivity contribution is 5.62. The van der Waals surface area contributed by atoms with E-state index < -0.39 is 0 Å². The first-order valence-electron chi connectivity index (χ1n) is 6.82. The topological polar surface area (TPSA) is 38.0 Å². The van der Waals surface area contributed by atoms with Crippen molar-refractivity contribution in [2.75, 3.05) is 17.6 Å². The molecule has 0 heterocycles. The van der Waals surface area contributed by atoms with Gasteiger partial charge in [-0.05, 0) is 42.5 Å². The maximum atomic E-state index is 5.90. The van der Waals surface area contributed by atoms with Crippen molar-refractivity contribution in [2.24, 2.45) is 0 Å². The first-order valence-corrected chi connectivity index (χ1v) is 6.82. The van der Waals surface area contributed by atoms with E-state index in [9.17, 15) is 0 Å². The molecule has 1 atom stereocenters. The Hall–Kier alpha value is -1.96. The molecule has 0 saturated carbocycles. The van der Waals surface area contributed by atoms with Crippen molar-refractivity contribution < 1.29 is 0 Å². The predicted molar refractivity (Wildman–Crippen MR) is 83.6 cm³/mol. The van der Waals surface area contributed by atoms with Crippen molar-refractivity contribution in [1.82, 2.24) is 0 Å². The molecule has 0 aliphatic heterocycles. The van der Waals surface area contributed by atoms with Crippen LogP contribution in [0, 0.1) is 6.92 Å². The maximum absolute atomic E-state index is 5.90. The zero-order chi connectivity index (χ0) is 13.7. The Kier molecular flexibility index (Phi) is 4.45. The molecule has 2 rings (SSSR count). The van der Waals surface area contributed by atoms with Crippen molar-refractivity contribution in [3.05, 3.63) is 59.7 Å². The van der Waals surface area contributed by atoms with E-state index in [1.54, 1.807) is 0 Å². The molecule has 19 heavy (non-hydrogen) atoms. The molecule has 0 aliphatic carbocycles. The monoisotopic (exact) mass is 254 g/mol. The van der Waals surface area contributed by atoms with Gasteiger partial charge in [0.05, 0.1) is 0 Å². The van der Waals surface area contributed by atoms with Crippen LogP contribution in [0.1, 0.15) is 30.4 Å². The number of rotatable bonds is 5. The van der Waals surface area contributed by atoms with Gasteiger partial charge >= 0.3 is 0 Å². The normalized spacial score (nSPS) is 12.1. The summed E-state index contributed by atoms with van der Waals surface area (Å²) in [5.41, 5.74) is 10.4. The number of nitrogen functional groups attached to an aromatic ring is 1. The van der Waals surface area contributed by atoms with Crippen LogP contribution in [0.2, 0.25) is 0 Å². The summed E-state index contributed by atoms with van der Waals surface area (Å²) in [5.74, 6) is 0.565. The van der Waals surface area contributed by atoms with Crippen LogP contribution in [0.5, 0.6) is 0 Å². The van der Waals surface area contributed by atoms with Gasteiger partial charge in [-0.25, -0.2) is 0 Å². The second kappa shape index (κ2) is 6.28. The van der Waals surface area contributed by atoms with Crippen molar-refractivity contribution >= 4 is 11.4 Å². The third-order valence-electron chi connectivity index (χ3n) is 3.64. The lowest BCUT2D eigenvalue weighted by Gasteiger charge is -2.15. The fourth-order valence-corrected chi connectivity index (χ4v) is 2.22. The van der Waals surface area contributed by atoms with Crippen molar-refractivity contribution in [3.63, 3.8) is 0 Å². The fourth-order valence-electron chi connectivity index (χ4n) is 2.22. The SMILES string of the molecule is Cc1c(N)cccc1NCCC(C)c1ccccc1. The number of nitrogens with two attached hydrogens (primary N) is 1. The predicted octanol–water partition coefficient (Wildman–Crippen LogP) is 4.18. The molecule has 0 saturated heterocycles. The van der Waals surface area contributed by atoms with Gasteiger partial charge in [-0.1, -0.05) is 43.3 Å². The summed E-state index contributed by atoms with van der Waals surface area (Å²) < 4.78 is 0. The fraction of sp³-hybridized carbons (Fsp3) is 0.294.